The first-order chi connectivity index (χ1) is 35.5. The highest BCUT2D eigenvalue weighted by Crippen LogP contribution is 2.62. The zero-order valence-corrected chi connectivity index (χ0v) is 41.5. The average molecular weight is 1040 g/mol. The van der Waals surface area contributed by atoms with Gasteiger partial charge in [0.05, 0.1) is 43.8 Å². The summed E-state index contributed by atoms with van der Waals surface area (Å²) in [6.07, 6.45) is 14.5. The van der Waals surface area contributed by atoms with Crippen LogP contribution in [0.15, 0.2) is 118 Å². The minimum Gasteiger partial charge on any atom is -0.462 e. The van der Waals surface area contributed by atoms with Crippen molar-refractivity contribution in [1.82, 2.24) is 10.2 Å². The smallest absolute Gasteiger partial charge is 0.333 e. The van der Waals surface area contributed by atoms with Crippen LogP contribution in [-0.2, 0) is 52.5 Å². The van der Waals surface area contributed by atoms with Crippen molar-refractivity contribution in [3.63, 3.8) is 0 Å². The molecule has 0 bridgehead atoms. The summed E-state index contributed by atoms with van der Waals surface area (Å²) in [4.78, 5) is 94.0. The highest BCUT2D eigenvalue weighted by molar-refractivity contribution is 8.24. The van der Waals surface area contributed by atoms with E-state index in [0.29, 0.717) is 125 Å². The van der Waals surface area contributed by atoms with E-state index in [0.717, 1.165) is 12.2 Å². The molecule has 17 nitrogen and oxygen atoms in total. The molecule has 1 N–H and O–H groups in total. The lowest BCUT2D eigenvalue weighted by Gasteiger charge is -2.31. The number of carbonyl (C=O) groups excluding carboxylic acids is 7. The molecule has 19 heteroatoms. The summed E-state index contributed by atoms with van der Waals surface area (Å²) in [6, 6.07) is 13.6. The molecule has 1 amide bonds. The Morgan fingerprint density at radius 1 is 0.603 bits per heavy atom. The van der Waals surface area contributed by atoms with Crippen LogP contribution in [0.1, 0.15) is 77.0 Å². The van der Waals surface area contributed by atoms with Crippen LogP contribution in [0.25, 0.3) is 10.8 Å². The van der Waals surface area contributed by atoms with Crippen LogP contribution >= 0.6 is 23.5 Å². The number of nitrogens with zero attached hydrogens (tertiary/aromatic N) is 1. The molecule has 3 aromatic rings. The highest BCUT2D eigenvalue weighted by atomic mass is 32.2. The molecule has 3 aliphatic carbocycles. The van der Waals surface area contributed by atoms with E-state index >= 15 is 0 Å². The van der Waals surface area contributed by atoms with Crippen LogP contribution in [0.2, 0.25) is 0 Å². The van der Waals surface area contributed by atoms with Crippen molar-refractivity contribution in [2.75, 3.05) is 13.6 Å². The minimum atomic E-state index is -0.617. The van der Waals surface area contributed by atoms with Crippen LogP contribution in [0.4, 0.5) is 0 Å². The topological polar surface area (TPSA) is 209 Å². The minimum absolute atomic E-state index is 0.0966. The normalized spacial score (nSPS) is 25.1. The first kappa shape index (κ1) is 51.1. The van der Waals surface area contributed by atoms with E-state index in [4.69, 9.17) is 37.9 Å². The van der Waals surface area contributed by atoms with E-state index in [1.54, 1.807) is 47.5 Å². The summed E-state index contributed by atoms with van der Waals surface area (Å²) >= 11 is 2.54. The molecule has 3 aromatic carbocycles. The van der Waals surface area contributed by atoms with E-state index in [1.165, 1.54) is 23.5 Å². The first-order valence-corrected chi connectivity index (χ1v) is 26.0. The highest BCUT2D eigenvalue weighted by Gasteiger charge is 2.42. The summed E-state index contributed by atoms with van der Waals surface area (Å²) in [7, 11) is 0. The Morgan fingerprint density at radius 3 is 1.63 bits per heavy atom. The largest absolute Gasteiger partial charge is 0.462 e. The van der Waals surface area contributed by atoms with Crippen molar-refractivity contribution >= 4 is 76.0 Å². The number of hydrogen-bond donors (Lipinski definition) is 1. The van der Waals surface area contributed by atoms with Gasteiger partial charge in [0, 0.05) is 29.1 Å². The predicted octanol–water partition coefficient (Wildman–Crippen LogP) is 8.70. The van der Waals surface area contributed by atoms with Gasteiger partial charge in [-0.3, -0.25) is 28.9 Å². The quantitative estimate of drug-likeness (QED) is 0.0468. The molecule has 1 atom stereocenters. The van der Waals surface area contributed by atoms with Crippen molar-refractivity contribution in [3.05, 3.63) is 108 Å². The monoisotopic (exact) mass is 1030 g/mol. The summed E-state index contributed by atoms with van der Waals surface area (Å²) in [5, 5.41) is 4.41. The molecule has 382 valence electrons. The molecule has 0 spiro atoms. The van der Waals surface area contributed by atoms with Crippen molar-refractivity contribution < 1.29 is 71.5 Å². The molecular formula is C54H54N2O15S2. The molecule has 1 saturated heterocycles. The fourth-order valence-corrected chi connectivity index (χ4v) is 12.3. The Kier molecular flexibility index (Phi) is 16.4. The molecule has 3 saturated carbocycles. The van der Waals surface area contributed by atoms with Crippen LogP contribution in [0.5, 0.6) is 23.0 Å². The van der Waals surface area contributed by atoms with Gasteiger partial charge in [0.2, 0.25) is 6.79 Å². The first-order valence-electron chi connectivity index (χ1n) is 24.4. The van der Waals surface area contributed by atoms with Crippen molar-refractivity contribution in [2.24, 2.45) is 23.7 Å². The molecule has 6 aliphatic rings. The Balaban J connectivity index is 0.854. The number of amides is 1. The molecule has 9 rings (SSSR count). The van der Waals surface area contributed by atoms with Gasteiger partial charge in [-0.15, -0.1) is 0 Å². The van der Waals surface area contributed by atoms with Gasteiger partial charge in [-0.25, -0.2) is 9.59 Å². The second-order valence-electron chi connectivity index (χ2n) is 18.3. The Morgan fingerprint density at radius 2 is 1.10 bits per heavy atom. The number of esters is 6. The van der Waals surface area contributed by atoms with Gasteiger partial charge in [-0.05, 0) is 113 Å². The van der Waals surface area contributed by atoms with Crippen molar-refractivity contribution in [3.8, 4) is 23.0 Å². The number of hydrogen-bond acceptors (Lipinski definition) is 18. The number of rotatable bonds is 16. The second kappa shape index (κ2) is 23.4. The SMILES string of the molecule is C=CC(=O)OCOc1ccc(OC(=O)C2CCC(C(=O)Oc3c4c(c(OC(=O)C5CCC(C(=O)OC6CCC(OCOC(=O)C=C)CC6)CC5)c5ccccc35)S/C(=C3\NC5C=CC=CN5C3=O)S4)CC2)cc1. The van der Waals surface area contributed by atoms with Gasteiger partial charge in [0.1, 0.15) is 29.5 Å². The van der Waals surface area contributed by atoms with E-state index in [9.17, 15) is 33.6 Å². The zero-order chi connectivity index (χ0) is 51.0. The predicted molar refractivity (Wildman–Crippen MR) is 265 cm³/mol. The molecule has 3 aliphatic heterocycles. The maximum atomic E-state index is 14.2. The fourth-order valence-electron chi connectivity index (χ4n) is 9.66. The van der Waals surface area contributed by atoms with Gasteiger partial charge in [0.15, 0.2) is 18.3 Å². The van der Waals surface area contributed by atoms with Crippen LogP contribution in [0.3, 0.4) is 0 Å². The van der Waals surface area contributed by atoms with Gasteiger partial charge in [-0.1, -0.05) is 67.0 Å². The Hall–Kier alpha value is -6.83. The molecular weight excluding hydrogens is 981 g/mol. The molecule has 73 heavy (non-hydrogen) atoms. The molecule has 0 aromatic heterocycles. The third-order valence-corrected chi connectivity index (χ3v) is 16.3. The van der Waals surface area contributed by atoms with Gasteiger partial charge in [0.25, 0.3) is 5.91 Å². The van der Waals surface area contributed by atoms with Crippen molar-refractivity contribution in [2.45, 2.75) is 105 Å². The third-order valence-electron chi connectivity index (χ3n) is 13.7. The lowest BCUT2D eigenvalue weighted by molar-refractivity contribution is -0.165. The lowest BCUT2D eigenvalue weighted by Crippen LogP contribution is -2.33. The van der Waals surface area contributed by atoms with E-state index in [2.05, 4.69) is 18.5 Å². The Bertz CT molecular complexity index is 2760. The molecule has 4 fully saturated rings. The third kappa shape index (κ3) is 12.0. The van der Waals surface area contributed by atoms with Gasteiger partial charge >= 0.3 is 35.8 Å². The zero-order valence-electron chi connectivity index (χ0n) is 39.8. The maximum Gasteiger partial charge on any atom is 0.333 e. The average Bonchev–Trinajstić information content (AvgIpc) is 4.01. The summed E-state index contributed by atoms with van der Waals surface area (Å²) in [5.41, 5.74) is 0.366. The van der Waals surface area contributed by atoms with E-state index < -0.39 is 47.6 Å². The van der Waals surface area contributed by atoms with Gasteiger partial charge in [-0.2, -0.15) is 0 Å². The van der Waals surface area contributed by atoms with E-state index in [1.807, 2.05) is 30.4 Å². The Labute approximate surface area is 429 Å². The number of nitrogens with one attached hydrogen (secondary N) is 1. The lowest BCUT2D eigenvalue weighted by atomic mass is 9.82. The number of benzene rings is 3. The molecule has 3 heterocycles. The molecule has 1 unspecified atom stereocenters. The van der Waals surface area contributed by atoms with Gasteiger partial charge < -0.3 is 43.2 Å². The number of carbonyl (C=O) groups is 7. The number of ether oxygens (including phenoxy) is 8. The number of fused-ring (bicyclic) bond motifs is 3. The second-order valence-corrected chi connectivity index (χ2v) is 20.6. The van der Waals surface area contributed by atoms with Crippen LogP contribution in [-0.4, -0.2) is 78.6 Å². The standard InChI is InChI=1S/C54H54N2O15S2/c1-3-42(57)66-29-64-35-20-24-37(25-21-35)68-50(60)31-12-16-33(17-13-31)52(62)70-45-39-9-5-6-10-40(39)46(48-47(45)72-54(73-48)44-49(59)56-28-8-7-11-41(56)55-44)71-53(63)34-18-14-32(15-19-34)51(61)69-38-26-22-36(23-27-38)65-30-67-43(58)4-2/h3-11,20-21,24-25,28,31-34,36,38,41,55H,1-2,12-19,22-23,26-27,29-30H2/b54-44-. The summed E-state index contributed by atoms with van der Waals surface area (Å²) in [6.45, 7) is 6.25. The van der Waals surface area contributed by atoms with Crippen LogP contribution in [0, 0.1) is 23.7 Å². The van der Waals surface area contributed by atoms with Crippen molar-refractivity contribution in [1.29, 1.82) is 0 Å². The molecule has 0 radical (unpaired) electrons. The van der Waals surface area contributed by atoms with Crippen LogP contribution < -0.4 is 24.3 Å². The number of allylic oxidation sites excluding steroid dienone is 2. The summed E-state index contributed by atoms with van der Waals surface area (Å²) < 4.78 is 45.7. The van der Waals surface area contributed by atoms with E-state index in [-0.39, 0.29) is 55.5 Å². The fraction of sp³-hybridized carbons (Fsp3) is 0.389. The number of thioether (sulfide) groups is 2. The maximum absolute atomic E-state index is 14.2. The summed E-state index contributed by atoms with van der Waals surface area (Å²) in [5.74, 6) is -3.50.